The summed E-state index contributed by atoms with van der Waals surface area (Å²) in [6.07, 6.45) is 2.21. The molecule has 2 aromatic rings. The van der Waals surface area contributed by atoms with Gasteiger partial charge in [0.15, 0.2) is 11.5 Å². The Bertz CT molecular complexity index is 897. The molecule has 146 valence electrons. The zero-order valence-corrected chi connectivity index (χ0v) is 16.3. The van der Waals surface area contributed by atoms with Crippen molar-refractivity contribution in [1.82, 2.24) is 9.80 Å². The Morgan fingerprint density at radius 3 is 2.89 bits per heavy atom. The van der Waals surface area contributed by atoms with Gasteiger partial charge in [-0.3, -0.25) is 9.69 Å². The first kappa shape index (κ1) is 17.6. The van der Waals surface area contributed by atoms with Crippen LogP contribution in [0, 0.1) is 6.92 Å². The van der Waals surface area contributed by atoms with Gasteiger partial charge >= 0.3 is 0 Å². The van der Waals surface area contributed by atoms with Crippen molar-refractivity contribution >= 4 is 5.91 Å². The van der Waals surface area contributed by atoms with Crippen LogP contribution in [0.2, 0.25) is 0 Å². The number of amides is 1. The lowest BCUT2D eigenvalue weighted by Gasteiger charge is -2.39. The minimum Gasteiger partial charge on any atom is -0.486 e. The molecule has 3 heterocycles. The lowest BCUT2D eigenvalue weighted by Crippen LogP contribution is -2.51. The molecule has 2 aromatic carbocycles. The highest BCUT2D eigenvalue weighted by Crippen LogP contribution is 2.32. The van der Waals surface area contributed by atoms with Crippen molar-refractivity contribution in [2.75, 3.05) is 26.2 Å². The quantitative estimate of drug-likeness (QED) is 0.822. The highest BCUT2D eigenvalue weighted by molar-refractivity contribution is 5.98. The number of para-hydroxylation sites is 2. The van der Waals surface area contributed by atoms with Gasteiger partial charge in [-0.25, -0.2) is 0 Å². The topological polar surface area (TPSA) is 42.0 Å². The molecule has 0 saturated carbocycles. The van der Waals surface area contributed by atoms with Gasteiger partial charge in [-0.1, -0.05) is 29.8 Å². The van der Waals surface area contributed by atoms with E-state index in [1.54, 1.807) is 0 Å². The van der Waals surface area contributed by atoms with Crippen LogP contribution < -0.4 is 9.47 Å². The van der Waals surface area contributed by atoms with E-state index in [-0.39, 0.29) is 18.1 Å². The number of hydrogen-bond donors (Lipinski definition) is 0. The summed E-state index contributed by atoms with van der Waals surface area (Å²) in [5, 5.41) is 0. The van der Waals surface area contributed by atoms with Crippen molar-refractivity contribution in [3.8, 4) is 11.5 Å². The number of piperidine rings is 1. The van der Waals surface area contributed by atoms with Crippen molar-refractivity contribution in [2.45, 2.75) is 38.5 Å². The van der Waals surface area contributed by atoms with Crippen molar-refractivity contribution in [3.63, 3.8) is 0 Å². The van der Waals surface area contributed by atoms with Gasteiger partial charge < -0.3 is 14.4 Å². The Morgan fingerprint density at radius 2 is 2.00 bits per heavy atom. The molecule has 0 spiro atoms. The molecule has 0 radical (unpaired) electrons. The van der Waals surface area contributed by atoms with Crippen LogP contribution in [0.4, 0.5) is 0 Å². The van der Waals surface area contributed by atoms with Gasteiger partial charge in [0.25, 0.3) is 5.91 Å². The van der Waals surface area contributed by atoms with Gasteiger partial charge in [-0.2, -0.15) is 0 Å². The Balaban J connectivity index is 1.23. The lowest BCUT2D eigenvalue weighted by atomic mass is 10.0. The van der Waals surface area contributed by atoms with E-state index in [9.17, 15) is 4.79 Å². The number of carbonyl (C=O) groups is 1. The number of ether oxygens (including phenoxy) is 2. The fourth-order valence-electron chi connectivity index (χ4n) is 4.66. The van der Waals surface area contributed by atoms with Gasteiger partial charge in [0.2, 0.25) is 0 Å². The van der Waals surface area contributed by atoms with E-state index >= 15 is 0 Å². The number of fused-ring (bicyclic) bond motifs is 2. The largest absolute Gasteiger partial charge is 0.486 e. The standard InChI is InChI=1S/C23H26N2O3/c1-16-8-9-20-17(11-16)12-25(23(20)26)18-5-4-10-24(13-18)14-19-15-27-21-6-2-3-7-22(21)28-19/h2-3,6-9,11,18-19H,4-5,10,12-15H2,1H3/t18-,19-/m0/s1. The van der Waals surface area contributed by atoms with Gasteiger partial charge in [0.05, 0.1) is 0 Å². The fraction of sp³-hybridized carbons (Fsp3) is 0.435. The third-order valence-electron chi connectivity index (χ3n) is 6.04. The molecule has 3 aliphatic heterocycles. The van der Waals surface area contributed by atoms with Crippen molar-refractivity contribution in [3.05, 3.63) is 59.2 Å². The second-order valence-electron chi connectivity index (χ2n) is 8.15. The number of carbonyl (C=O) groups excluding carboxylic acids is 1. The molecular formula is C23H26N2O3. The van der Waals surface area contributed by atoms with Crippen molar-refractivity contribution in [2.24, 2.45) is 0 Å². The van der Waals surface area contributed by atoms with E-state index in [2.05, 4.69) is 22.8 Å². The number of nitrogens with zero attached hydrogens (tertiary/aromatic N) is 2. The molecule has 0 N–H and O–H groups in total. The molecule has 5 nitrogen and oxygen atoms in total. The van der Waals surface area contributed by atoms with Crippen LogP contribution in [-0.4, -0.2) is 54.1 Å². The van der Waals surface area contributed by atoms with E-state index in [1.165, 1.54) is 11.1 Å². The SMILES string of the molecule is Cc1ccc2c(c1)CN([C@H]1CCCN(C[C@H]3COc4ccccc4O3)C1)C2=O. The number of aryl methyl sites for hydroxylation is 1. The summed E-state index contributed by atoms with van der Waals surface area (Å²) in [4.78, 5) is 17.4. The smallest absolute Gasteiger partial charge is 0.254 e. The molecule has 28 heavy (non-hydrogen) atoms. The van der Waals surface area contributed by atoms with E-state index in [1.807, 2.05) is 36.4 Å². The highest BCUT2D eigenvalue weighted by atomic mass is 16.6. The summed E-state index contributed by atoms with van der Waals surface area (Å²) in [5.74, 6) is 1.84. The predicted octanol–water partition coefficient (Wildman–Crippen LogP) is 3.26. The van der Waals surface area contributed by atoms with Crippen LogP contribution in [0.1, 0.15) is 34.3 Å². The maximum Gasteiger partial charge on any atom is 0.254 e. The Morgan fingerprint density at radius 1 is 1.14 bits per heavy atom. The molecule has 2 atom stereocenters. The van der Waals surface area contributed by atoms with Crippen molar-refractivity contribution < 1.29 is 14.3 Å². The first-order valence-corrected chi connectivity index (χ1v) is 10.2. The van der Waals surface area contributed by atoms with E-state index in [0.29, 0.717) is 6.61 Å². The summed E-state index contributed by atoms with van der Waals surface area (Å²) in [6, 6.07) is 14.3. The van der Waals surface area contributed by atoms with E-state index < -0.39 is 0 Å². The molecule has 5 heteroatoms. The zero-order chi connectivity index (χ0) is 19.1. The average molecular weight is 378 g/mol. The number of hydrogen-bond acceptors (Lipinski definition) is 4. The maximum atomic E-state index is 12.9. The van der Waals surface area contributed by atoms with Crippen LogP contribution >= 0.6 is 0 Å². The molecular weight excluding hydrogens is 352 g/mol. The first-order chi connectivity index (χ1) is 13.7. The average Bonchev–Trinajstić information content (AvgIpc) is 3.04. The molecule has 0 bridgehead atoms. The fourth-order valence-corrected chi connectivity index (χ4v) is 4.66. The van der Waals surface area contributed by atoms with Crippen LogP contribution in [-0.2, 0) is 6.54 Å². The summed E-state index contributed by atoms with van der Waals surface area (Å²) in [5.41, 5.74) is 3.26. The second-order valence-corrected chi connectivity index (χ2v) is 8.15. The third kappa shape index (κ3) is 3.24. The maximum absolute atomic E-state index is 12.9. The Kier molecular flexibility index (Phi) is 4.47. The Labute approximate surface area is 165 Å². The minimum atomic E-state index is 0.0303. The molecule has 3 aliphatic rings. The van der Waals surface area contributed by atoms with Crippen LogP contribution in [0.25, 0.3) is 0 Å². The molecule has 1 amide bonds. The summed E-state index contributed by atoms with van der Waals surface area (Å²) < 4.78 is 12.0. The Hall–Kier alpha value is -2.53. The minimum absolute atomic E-state index is 0.0303. The second kappa shape index (κ2) is 7.13. The monoisotopic (exact) mass is 378 g/mol. The van der Waals surface area contributed by atoms with Crippen molar-refractivity contribution in [1.29, 1.82) is 0 Å². The van der Waals surface area contributed by atoms with E-state index in [0.717, 1.165) is 56.1 Å². The summed E-state index contributed by atoms with van der Waals surface area (Å²) in [6.45, 7) is 6.18. The molecule has 1 saturated heterocycles. The van der Waals surface area contributed by atoms with Gasteiger partial charge in [0, 0.05) is 31.2 Å². The molecule has 1 fully saturated rings. The number of benzene rings is 2. The lowest BCUT2D eigenvalue weighted by molar-refractivity contribution is 0.0306. The summed E-state index contributed by atoms with van der Waals surface area (Å²) >= 11 is 0. The van der Waals surface area contributed by atoms with Gasteiger partial charge in [0.1, 0.15) is 12.7 Å². The molecule has 0 aromatic heterocycles. The van der Waals surface area contributed by atoms with E-state index in [4.69, 9.17) is 9.47 Å². The first-order valence-electron chi connectivity index (χ1n) is 10.2. The summed E-state index contributed by atoms with van der Waals surface area (Å²) in [7, 11) is 0. The third-order valence-corrected chi connectivity index (χ3v) is 6.04. The number of likely N-dealkylation sites (tertiary alicyclic amines) is 1. The van der Waals surface area contributed by atoms with Crippen LogP contribution in [0.15, 0.2) is 42.5 Å². The highest BCUT2D eigenvalue weighted by Gasteiger charge is 2.35. The molecule has 0 unspecified atom stereocenters. The molecule has 0 aliphatic carbocycles. The number of rotatable bonds is 3. The van der Waals surface area contributed by atoms with Crippen LogP contribution in [0.5, 0.6) is 11.5 Å². The van der Waals surface area contributed by atoms with Gasteiger partial charge in [-0.05, 0) is 50.1 Å². The van der Waals surface area contributed by atoms with Crippen LogP contribution in [0.3, 0.4) is 0 Å². The van der Waals surface area contributed by atoms with Gasteiger partial charge in [-0.15, -0.1) is 0 Å². The molecule has 5 rings (SSSR count). The normalized spacial score (nSPS) is 24.3. The zero-order valence-electron chi connectivity index (χ0n) is 16.3. The predicted molar refractivity (Wildman–Crippen MR) is 107 cm³/mol.